The second kappa shape index (κ2) is 7.65. The van der Waals surface area contributed by atoms with Gasteiger partial charge in [-0.25, -0.2) is 0 Å². The van der Waals surface area contributed by atoms with Gasteiger partial charge in [-0.1, -0.05) is 66.2 Å². The fourth-order valence-corrected chi connectivity index (χ4v) is 3.48. The van der Waals surface area contributed by atoms with Crippen molar-refractivity contribution in [1.29, 1.82) is 0 Å². The second-order valence-electron chi connectivity index (χ2n) is 8.65. The summed E-state index contributed by atoms with van der Waals surface area (Å²) < 4.78 is 12.5. The number of benzene rings is 2. The topological polar surface area (TPSA) is 18.5 Å². The van der Waals surface area contributed by atoms with E-state index >= 15 is 0 Å². The van der Waals surface area contributed by atoms with Crippen molar-refractivity contribution < 1.29 is 9.31 Å². The van der Waals surface area contributed by atoms with Gasteiger partial charge in [-0.3, -0.25) is 0 Å². The lowest BCUT2D eigenvalue weighted by Gasteiger charge is -2.32. The smallest absolute Gasteiger partial charge is 0.403 e. The van der Waals surface area contributed by atoms with E-state index in [1.54, 1.807) is 0 Å². The Morgan fingerprint density at radius 2 is 1.48 bits per heavy atom. The Bertz CT molecular complexity index is 775. The van der Waals surface area contributed by atoms with Crippen LogP contribution in [0.4, 0.5) is 0 Å². The van der Waals surface area contributed by atoms with Gasteiger partial charge in [-0.2, -0.15) is 0 Å². The van der Waals surface area contributed by atoms with Crippen LogP contribution in [0, 0.1) is 6.92 Å². The van der Waals surface area contributed by atoms with E-state index in [0.29, 0.717) is 0 Å². The van der Waals surface area contributed by atoms with Gasteiger partial charge < -0.3 is 9.31 Å². The zero-order valence-electron chi connectivity index (χ0n) is 17.5. The molecule has 1 aliphatic rings. The first-order valence-corrected chi connectivity index (χ1v) is 9.84. The van der Waals surface area contributed by atoms with Crippen molar-refractivity contribution in [2.24, 2.45) is 0 Å². The highest BCUT2D eigenvalue weighted by Crippen LogP contribution is 2.40. The average molecular weight is 362 g/mol. The first-order valence-electron chi connectivity index (χ1n) is 9.84. The summed E-state index contributed by atoms with van der Waals surface area (Å²) in [5.74, 6) is 0.238. The molecule has 0 spiro atoms. The van der Waals surface area contributed by atoms with E-state index in [2.05, 4.69) is 102 Å². The maximum Gasteiger partial charge on any atom is 0.458 e. The van der Waals surface area contributed by atoms with Crippen LogP contribution in [-0.2, 0) is 9.31 Å². The van der Waals surface area contributed by atoms with Gasteiger partial charge in [-0.05, 0) is 64.6 Å². The summed E-state index contributed by atoms with van der Waals surface area (Å²) in [6, 6.07) is 19.4. The molecule has 3 heteroatoms. The molecule has 0 N–H and O–H groups in total. The van der Waals surface area contributed by atoms with E-state index in [9.17, 15) is 0 Å². The lowest BCUT2D eigenvalue weighted by Crippen LogP contribution is -2.41. The Balaban J connectivity index is 1.86. The van der Waals surface area contributed by atoms with E-state index in [4.69, 9.17) is 9.31 Å². The maximum atomic E-state index is 6.27. The van der Waals surface area contributed by atoms with Crippen LogP contribution >= 0.6 is 0 Å². The van der Waals surface area contributed by atoms with Gasteiger partial charge in [0.1, 0.15) is 0 Å². The van der Waals surface area contributed by atoms with Gasteiger partial charge in [-0.15, -0.1) is 0 Å². The third-order valence-corrected chi connectivity index (χ3v) is 5.93. The lowest BCUT2D eigenvalue weighted by molar-refractivity contribution is 0.00578. The molecule has 0 amide bonds. The molecule has 1 heterocycles. The molecule has 2 aromatic rings. The summed E-state index contributed by atoms with van der Waals surface area (Å²) in [7, 11) is -0.206. The molecule has 142 valence electrons. The number of aryl methyl sites for hydroxylation is 1. The minimum Gasteiger partial charge on any atom is -0.403 e. The molecule has 1 aliphatic heterocycles. The van der Waals surface area contributed by atoms with Crippen LogP contribution in [0.15, 0.2) is 60.7 Å². The quantitative estimate of drug-likeness (QED) is 0.583. The van der Waals surface area contributed by atoms with Crippen molar-refractivity contribution in [3.05, 3.63) is 77.4 Å². The van der Waals surface area contributed by atoms with Crippen molar-refractivity contribution in [1.82, 2.24) is 0 Å². The zero-order chi connectivity index (χ0) is 19.7. The first-order chi connectivity index (χ1) is 12.7. The van der Waals surface area contributed by atoms with Crippen LogP contribution in [0.5, 0.6) is 0 Å². The molecule has 0 saturated carbocycles. The second-order valence-corrected chi connectivity index (χ2v) is 8.65. The molecule has 2 nitrogen and oxygen atoms in total. The maximum absolute atomic E-state index is 6.27. The van der Waals surface area contributed by atoms with Crippen molar-refractivity contribution in [2.45, 2.75) is 65.0 Å². The molecule has 1 atom stereocenters. The van der Waals surface area contributed by atoms with Crippen LogP contribution in [-0.4, -0.2) is 18.3 Å². The largest absolute Gasteiger partial charge is 0.458 e. The monoisotopic (exact) mass is 362 g/mol. The van der Waals surface area contributed by atoms with E-state index < -0.39 is 0 Å². The van der Waals surface area contributed by atoms with Crippen molar-refractivity contribution in [3.8, 4) is 0 Å². The van der Waals surface area contributed by atoms with Crippen molar-refractivity contribution >= 4 is 12.7 Å². The van der Waals surface area contributed by atoms with Gasteiger partial charge in [0.2, 0.25) is 0 Å². The summed E-state index contributed by atoms with van der Waals surface area (Å²) in [6.07, 6.45) is 3.16. The summed E-state index contributed by atoms with van der Waals surface area (Å²) in [5, 5.41) is 0. The van der Waals surface area contributed by atoms with Crippen molar-refractivity contribution in [3.63, 3.8) is 0 Å². The highest BCUT2D eigenvalue weighted by Gasteiger charge is 2.51. The molecule has 0 bridgehead atoms. The van der Waals surface area contributed by atoms with Gasteiger partial charge in [0.15, 0.2) is 0 Å². The van der Waals surface area contributed by atoms with Gasteiger partial charge in [0.25, 0.3) is 0 Å². The predicted octanol–water partition coefficient (Wildman–Crippen LogP) is 6.27. The van der Waals surface area contributed by atoms with E-state index in [-0.39, 0.29) is 24.2 Å². The fraction of sp³-hybridized carbons (Fsp3) is 0.417. The molecule has 0 radical (unpaired) electrons. The van der Waals surface area contributed by atoms with Crippen LogP contribution in [0.2, 0.25) is 6.32 Å². The van der Waals surface area contributed by atoms with Gasteiger partial charge >= 0.3 is 7.12 Å². The number of hydrogen-bond acceptors (Lipinski definition) is 2. The van der Waals surface area contributed by atoms with Crippen LogP contribution < -0.4 is 0 Å². The van der Waals surface area contributed by atoms with Crippen LogP contribution in [0.25, 0.3) is 5.57 Å². The fourth-order valence-electron chi connectivity index (χ4n) is 3.48. The standard InChI is InChI=1S/C24H31BO2/c1-18-12-14-20(15-13-18)19(2)16-22(21-10-8-7-9-11-21)17-25-26-23(3,4)24(5,6)27-25/h7-16,22H,17H2,1-6H3/b19-16+/t22-/m1/s1. The SMILES string of the molecule is C/C(=C\[C@H](CB1OC(C)(C)C(C)(C)O1)c1ccccc1)c1ccc(C)cc1. The molecular weight excluding hydrogens is 331 g/mol. The zero-order valence-corrected chi connectivity index (χ0v) is 17.5. The Kier molecular flexibility index (Phi) is 5.64. The van der Waals surface area contributed by atoms with Crippen molar-refractivity contribution in [2.75, 3.05) is 0 Å². The molecule has 0 unspecified atom stereocenters. The minimum absolute atomic E-state index is 0.206. The molecule has 0 aliphatic carbocycles. The van der Waals surface area contributed by atoms with E-state index in [1.807, 2.05) is 0 Å². The van der Waals surface area contributed by atoms with Crippen LogP contribution in [0.3, 0.4) is 0 Å². The van der Waals surface area contributed by atoms with Gasteiger partial charge in [0.05, 0.1) is 11.2 Å². The third kappa shape index (κ3) is 4.53. The number of hydrogen-bond donors (Lipinski definition) is 0. The molecule has 2 aromatic carbocycles. The molecule has 0 aromatic heterocycles. The third-order valence-electron chi connectivity index (χ3n) is 5.93. The molecule has 1 fully saturated rings. The Labute approximate surface area is 164 Å². The number of rotatable bonds is 5. The Morgan fingerprint density at radius 3 is 2.04 bits per heavy atom. The molecule has 3 rings (SSSR count). The summed E-state index contributed by atoms with van der Waals surface area (Å²) in [6.45, 7) is 12.7. The molecule has 27 heavy (non-hydrogen) atoms. The number of allylic oxidation sites excluding steroid dienone is 2. The predicted molar refractivity (Wildman–Crippen MR) is 115 cm³/mol. The van der Waals surface area contributed by atoms with Crippen LogP contribution in [0.1, 0.15) is 57.2 Å². The van der Waals surface area contributed by atoms with Gasteiger partial charge in [0, 0.05) is 5.92 Å². The van der Waals surface area contributed by atoms with E-state index in [0.717, 1.165) is 6.32 Å². The molecule has 1 saturated heterocycles. The average Bonchev–Trinajstić information content (AvgIpc) is 2.82. The highest BCUT2D eigenvalue weighted by atomic mass is 16.7. The Morgan fingerprint density at radius 1 is 0.926 bits per heavy atom. The highest BCUT2D eigenvalue weighted by molar-refractivity contribution is 6.45. The van der Waals surface area contributed by atoms with E-state index in [1.165, 1.54) is 22.3 Å². The first kappa shape index (κ1) is 19.9. The minimum atomic E-state index is -0.297. The molecular formula is C24H31BO2. The lowest BCUT2D eigenvalue weighted by atomic mass is 9.74. The summed E-state index contributed by atoms with van der Waals surface area (Å²) in [4.78, 5) is 0. The summed E-state index contributed by atoms with van der Waals surface area (Å²) >= 11 is 0. The normalized spacial score (nSPS) is 19.9. The Hall–Kier alpha value is -1.84. The summed E-state index contributed by atoms with van der Waals surface area (Å²) in [5.41, 5.74) is 4.52.